The van der Waals surface area contributed by atoms with Gasteiger partial charge in [0, 0.05) is 11.5 Å². The smallest absolute Gasteiger partial charge is 0.488 e. The van der Waals surface area contributed by atoms with Crippen molar-refractivity contribution in [1.29, 1.82) is 0 Å². The molecule has 1 aliphatic heterocycles. The zero-order chi connectivity index (χ0) is 27.6. The van der Waals surface area contributed by atoms with Crippen LogP contribution in [0.3, 0.4) is 0 Å². The van der Waals surface area contributed by atoms with E-state index in [0.29, 0.717) is 36.8 Å². The lowest BCUT2D eigenvalue weighted by molar-refractivity contribution is -0.123. The molecule has 1 saturated heterocycles. The number of carbonyl (C=O) groups is 2. The van der Waals surface area contributed by atoms with E-state index in [0.717, 1.165) is 16.0 Å². The zero-order valence-electron chi connectivity index (χ0n) is 21.6. The summed E-state index contributed by atoms with van der Waals surface area (Å²) < 4.78 is 0. The summed E-state index contributed by atoms with van der Waals surface area (Å²) in [6.07, 6.45) is 2.77. The second-order valence-electron chi connectivity index (χ2n) is 10.1. The summed E-state index contributed by atoms with van der Waals surface area (Å²) in [5, 5.41) is 50.8. The first kappa shape index (κ1) is 27.8. The van der Waals surface area contributed by atoms with Crippen molar-refractivity contribution in [3.63, 3.8) is 0 Å². The number of phenols is 1. The first-order valence-corrected chi connectivity index (χ1v) is 13.0. The van der Waals surface area contributed by atoms with Gasteiger partial charge >= 0.3 is 7.12 Å². The van der Waals surface area contributed by atoms with Crippen LogP contribution < -0.4 is 10.4 Å². The number of para-hydroxylation sites is 1. The molecule has 2 aliphatic rings. The summed E-state index contributed by atoms with van der Waals surface area (Å²) in [6.45, 7) is 3.47. The molecular weight excluding hydrogens is 485 g/mol. The maximum atomic E-state index is 13.6. The Bertz CT molecular complexity index is 1270. The molecule has 2 amide bonds. The van der Waals surface area contributed by atoms with Crippen molar-refractivity contribution in [3.05, 3.63) is 70.8 Å². The quantitative estimate of drug-likeness (QED) is 0.194. The number of amides is 2. The van der Waals surface area contributed by atoms with Crippen LogP contribution in [0.4, 0.5) is 5.69 Å². The van der Waals surface area contributed by atoms with E-state index in [1.165, 1.54) is 12.1 Å². The number of carbonyl (C=O) groups excluding carboxylic acids is 2. The Labute approximate surface area is 222 Å². The number of benzene rings is 2. The van der Waals surface area contributed by atoms with Crippen molar-refractivity contribution < 1.29 is 35.0 Å². The van der Waals surface area contributed by atoms with Crippen LogP contribution in [0.5, 0.6) is 5.75 Å². The number of phenolic OH excluding ortho intramolecular Hbond substituents is 1. The van der Waals surface area contributed by atoms with Gasteiger partial charge in [-0.05, 0) is 61.8 Å². The van der Waals surface area contributed by atoms with Gasteiger partial charge in [0.15, 0.2) is 0 Å². The fraction of sp³-hybridized carbons (Fsp3) is 0.379. The minimum atomic E-state index is -1.74. The number of aliphatic hydroxyl groups excluding tert-OH is 2. The molecule has 0 bridgehead atoms. The largest absolute Gasteiger partial charge is 0.507 e. The number of hydrogen-bond acceptors (Lipinski definition) is 7. The third-order valence-corrected chi connectivity index (χ3v) is 7.74. The van der Waals surface area contributed by atoms with Gasteiger partial charge in [-0.1, -0.05) is 54.5 Å². The molecule has 8 nitrogen and oxygen atoms in total. The van der Waals surface area contributed by atoms with E-state index in [4.69, 9.17) is 0 Å². The lowest BCUT2D eigenvalue weighted by atomic mass is 9.67. The Morgan fingerprint density at radius 2 is 1.87 bits per heavy atom. The Kier molecular flexibility index (Phi) is 8.52. The van der Waals surface area contributed by atoms with Crippen LogP contribution in [-0.4, -0.2) is 57.0 Å². The maximum absolute atomic E-state index is 13.6. The molecule has 9 heteroatoms. The van der Waals surface area contributed by atoms with Crippen LogP contribution in [-0.2, 0) is 9.59 Å². The Balaban J connectivity index is 1.58. The topological polar surface area (TPSA) is 139 Å². The van der Waals surface area contributed by atoms with Crippen molar-refractivity contribution in [2.24, 2.45) is 17.8 Å². The number of allylic oxidation sites excluding steroid dienone is 2. The molecule has 0 unspecified atom stereocenters. The summed E-state index contributed by atoms with van der Waals surface area (Å²) in [7, 11) is -1.74. The number of hydrogen-bond donors (Lipinski definition) is 5. The first-order chi connectivity index (χ1) is 18.2. The van der Waals surface area contributed by atoms with Gasteiger partial charge < -0.3 is 25.4 Å². The molecular formula is C29H34BNO7. The summed E-state index contributed by atoms with van der Waals surface area (Å²) in [5.74, 6) is -2.84. The summed E-state index contributed by atoms with van der Waals surface area (Å²) in [4.78, 5) is 28.1. The van der Waals surface area contributed by atoms with Crippen LogP contribution >= 0.6 is 0 Å². The number of rotatable bonds is 9. The van der Waals surface area contributed by atoms with E-state index >= 15 is 0 Å². The van der Waals surface area contributed by atoms with E-state index in [2.05, 4.69) is 0 Å². The zero-order valence-corrected chi connectivity index (χ0v) is 21.6. The van der Waals surface area contributed by atoms with Crippen molar-refractivity contribution in [3.8, 4) is 5.75 Å². The summed E-state index contributed by atoms with van der Waals surface area (Å²) in [6, 6.07) is 13.0. The SMILES string of the molecule is CCC1=C([C@H](O)CC/C(C)=C/c2ccccc2O)[C@H](CO)[C@@H]2C(=O)N(c3cccc(B(O)O)c3)C(=O)[C@@H]2C1. The van der Waals surface area contributed by atoms with Gasteiger partial charge in [-0.3, -0.25) is 14.5 Å². The number of nitrogens with zero attached hydrogens (tertiary/aromatic N) is 1. The van der Waals surface area contributed by atoms with E-state index in [1.54, 1.807) is 24.3 Å². The van der Waals surface area contributed by atoms with Crippen molar-refractivity contribution >= 4 is 36.2 Å². The van der Waals surface area contributed by atoms with Gasteiger partial charge in [0.1, 0.15) is 5.75 Å². The lowest BCUT2D eigenvalue weighted by Crippen LogP contribution is -2.39. The maximum Gasteiger partial charge on any atom is 0.488 e. The van der Waals surface area contributed by atoms with E-state index < -0.39 is 36.9 Å². The molecule has 4 atom stereocenters. The Morgan fingerprint density at radius 3 is 2.53 bits per heavy atom. The van der Waals surface area contributed by atoms with Gasteiger partial charge in [0.05, 0.1) is 30.2 Å². The average Bonchev–Trinajstić information content (AvgIpc) is 3.16. The molecule has 4 rings (SSSR count). The number of imide groups is 1. The second kappa shape index (κ2) is 11.7. The van der Waals surface area contributed by atoms with E-state index in [-0.39, 0.29) is 29.4 Å². The monoisotopic (exact) mass is 519 g/mol. The standard InChI is InChI=1S/C29H34BNO7/c1-3-18-14-22-27(29(36)31(28(22)35)21-9-6-8-20(15-21)30(37)38)23(16-32)26(18)25(34)12-11-17(2)13-19-7-4-5-10-24(19)33/h4-10,13,15,22-23,25,27,32-34,37-38H,3,11-12,14,16H2,1-2H3/b17-13+/t22-,23+,25-,27-/m1/s1. The second-order valence-corrected chi connectivity index (χ2v) is 10.1. The highest BCUT2D eigenvalue weighted by Gasteiger charge is 2.55. The molecule has 0 aromatic heterocycles. The molecule has 1 heterocycles. The molecule has 5 N–H and O–H groups in total. The fourth-order valence-electron chi connectivity index (χ4n) is 5.84. The summed E-state index contributed by atoms with van der Waals surface area (Å²) in [5.41, 5.74) is 3.57. The van der Waals surface area contributed by atoms with E-state index in [1.807, 2.05) is 32.1 Å². The van der Waals surface area contributed by atoms with Gasteiger partial charge in [0.25, 0.3) is 0 Å². The van der Waals surface area contributed by atoms with Crippen LogP contribution in [0.2, 0.25) is 0 Å². The third kappa shape index (κ3) is 5.33. The van der Waals surface area contributed by atoms with Crippen molar-refractivity contribution in [2.45, 2.75) is 45.6 Å². The van der Waals surface area contributed by atoms with E-state index in [9.17, 15) is 35.0 Å². The van der Waals surface area contributed by atoms with Gasteiger partial charge in [-0.2, -0.15) is 0 Å². The number of anilines is 1. The predicted octanol–water partition coefficient (Wildman–Crippen LogP) is 2.14. The molecule has 2 aromatic rings. The molecule has 200 valence electrons. The highest BCUT2D eigenvalue weighted by molar-refractivity contribution is 6.58. The van der Waals surface area contributed by atoms with Crippen molar-refractivity contribution in [2.75, 3.05) is 11.5 Å². The van der Waals surface area contributed by atoms with Crippen LogP contribution in [0, 0.1) is 17.8 Å². The minimum absolute atomic E-state index is 0.160. The average molecular weight is 519 g/mol. The molecule has 0 spiro atoms. The Hall–Kier alpha value is -3.24. The van der Waals surface area contributed by atoms with Gasteiger partial charge in [0.2, 0.25) is 11.8 Å². The minimum Gasteiger partial charge on any atom is -0.507 e. The number of fused-ring (bicyclic) bond motifs is 1. The Morgan fingerprint density at radius 1 is 1.13 bits per heavy atom. The molecule has 1 aliphatic carbocycles. The molecule has 38 heavy (non-hydrogen) atoms. The lowest BCUT2D eigenvalue weighted by Gasteiger charge is -2.36. The van der Waals surface area contributed by atoms with Crippen LogP contribution in [0.1, 0.15) is 45.1 Å². The highest BCUT2D eigenvalue weighted by Crippen LogP contribution is 2.47. The normalized spacial score (nSPS) is 22.6. The van der Waals surface area contributed by atoms with Crippen LogP contribution in [0.15, 0.2) is 65.3 Å². The predicted molar refractivity (Wildman–Crippen MR) is 145 cm³/mol. The molecule has 1 fully saturated rings. The van der Waals surface area contributed by atoms with Crippen molar-refractivity contribution in [1.82, 2.24) is 0 Å². The molecule has 0 radical (unpaired) electrons. The molecule has 0 saturated carbocycles. The molecule has 2 aromatic carbocycles. The fourth-order valence-corrected chi connectivity index (χ4v) is 5.84. The number of aromatic hydroxyl groups is 1. The highest BCUT2D eigenvalue weighted by atomic mass is 16.4. The number of aliphatic hydroxyl groups is 2. The summed E-state index contributed by atoms with van der Waals surface area (Å²) >= 11 is 0. The first-order valence-electron chi connectivity index (χ1n) is 13.0. The van der Waals surface area contributed by atoms with Gasteiger partial charge in [-0.25, -0.2) is 0 Å². The van der Waals surface area contributed by atoms with Gasteiger partial charge in [-0.15, -0.1) is 0 Å². The third-order valence-electron chi connectivity index (χ3n) is 7.74. The van der Waals surface area contributed by atoms with Crippen LogP contribution in [0.25, 0.3) is 6.08 Å².